The third kappa shape index (κ3) is 4.81. The zero-order valence-corrected chi connectivity index (χ0v) is 10.3. The number of aliphatic carboxylic acids is 1. The van der Waals surface area contributed by atoms with Gasteiger partial charge in [-0.3, -0.25) is 9.59 Å². The van der Waals surface area contributed by atoms with Gasteiger partial charge in [0.2, 0.25) is 0 Å². The van der Waals surface area contributed by atoms with Crippen LogP contribution < -0.4 is 11.1 Å². The minimum Gasteiger partial charge on any atom is -0.481 e. The predicted octanol–water partition coefficient (Wildman–Crippen LogP) is 1.10. The zero-order chi connectivity index (χ0) is 12.8. The number of nitrogen functional groups attached to an aromatic ring is 1. The van der Waals surface area contributed by atoms with Crippen molar-refractivity contribution in [2.75, 3.05) is 5.73 Å². The Hall–Kier alpha value is -1.63. The first-order valence-corrected chi connectivity index (χ1v) is 6.10. The average molecular weight is 257 g/mol. The van der Waals surface area contributed by atoms with Crippen molar-refractivity contribution in [1.82, 2.24) is 10.3 Å². The van der Waals surface area contributed by atoms with Gasteiger partial charge in [-0.25, -0.2) is 4.98 Å². The van der Waals surface area contributed by atoms with Crippen LogP contribution in [0.1, 0.15) is 36.7 Å². The smallest absolute Gasteiger partial charge is 0.303 e. The Bertz CT molecular complexity index is 405. The van der Waals surface area contributed by atoms with Crippen molar-refractivity contribution >= 4 is 28.3 Å². The Morgan fingerprint density at radius 3 is 2.88 bits per heavy atom. The molecule has 1 unspecified atom stereocenters. The van der Waals surface area contributed by atoms with E-state index in [1.54, 1.807) is 5.38 Å². The van der Waals surface area contributed by atoms with Gasteiger partial charge in [-0.2, -0.15) is 0 Å². The number of anilines is 1. The number of aromatic nitrogens is 1. The van der Waals surface area contributed by atoms with E-state index in [0.29, 0.717) is 23.7 Å². The lowest BCUT2D eigenvalue weighted by Gasteiger charge is -2.11. The molecule has 4 N–H and O–H groups in total. The molecule has 0 aliphatic heterocycles. The van der Waals surface area contributed by atoms with E-state index in [9.17, 15) is 9.59 Å². The van der Waals surface area contributed by atoms with Gasteiger partial charge in [-0.1, -0.05) is 0 Å². The van der Waals surface area contributed by atoms with Gasteiger partial charge < -0.3 is 16.2 Å². The summed E-state index contributed by atoms with van der Waals surface area (Å²) in [6.07, 6.45) is 1.28. The molecule has 0 spiro atoms. The Balaban J connectivity index is 2.33. The topological polar surface area (TPSA) is 105 Å². The number of thiazole rings is 1. The molecule has 0 saturated carbocycles. The number of nitrogens with zero attached hydrogens (tertiary/aromatic N) is 1. The van der Waals surface area contributed by atoms with E-state index in [1.807, 2.05) is 6.92 Å². The molecule has 17 heavy (non-hydrogen) atoms. The molecular weight excluding hydrogens is 242 g/mol. The van der Waals surface area contributed by atoms with Crippen molar-refractivity contribution in [2.24, 2.45) is 0 Å². The van der Waals surface area contributed by atoms with Crippen LogP contribution in [-0.2, 0) is 4.79 Å². The van der Waals surface area contributed by atoms with Crippen molar-refractivity contribution in [2.45, 2.75) is 32.2 Å². The molecule has 0 bridgehead atoms. The van der Waals surface area contributed by atoms with E-state index in [-0.39, 0.29) is 18.4 Å². The molecule has 0 aromatic carbocycles. The summed E-state index contributed by atoms with van der Waals surface area (Å²) in [6, 6.07) is -0.0789. The number of nitrogens with two attached hydrogens (primary N) is 1. The van der Waals surface area contributed by atoms with Crippen molar-refractivity contribution < 1.29 is 14.7 Å². The van der Waals surface area contributed by atoms with Gasteiger partial charge in [0.1, 0.15) is 5.69 Å². The van der Waals surface area contributed by atoms with E-state index in [4.69, 9.17) is 10.8 Å². The Kier molecular flexibility index (Phi) is 4.89. The first-order chi connectivity index (χ1) is 7.99. The molecule has 1 atom stereocenters. The van der Waals surface area contributed by atoms with Crippen molar-refractivity contribution in [1.29, 1.82) is 0 Å². The third-order valence-electron chi connectivity index (χ3n) is 2.16. The van der Waals surface area contributed by atoms with Crippen molar-refractivity contribution in [3.05, 3.63) is 11.1 Å². The second-order valence-corrected chi connectivity index (χ2v) is 4.62. The van der Waals surface area contributed by atoms with Crippen LogP contribution in [-0.4, -0.2) is 28.0 Å². The highest BCUT2D eigenvalue weighted by atomic mass is 32.1. The quantitative estimate of drug-likeness (QED) is 0.707. The number of carboxylic acids is 1. The minimum atomic E-state index is -0.823. The van der Waals surface area contributed by atoms with E-state index in [1.165, 1.54) is 11.3 Å². The maximum absolute atomic E-state index is 11.6. The molecule has 0 aliphatic rings. The van der Waals surface area contributed by atoms with Crippen LogP contribution in [0, 0.1) is 0 Å². The predicted molar refractivity (Wildman–Crippen MR) is 64.9 cm³/mol. The molecule has 1 aromatic rings. The number of carboxylic acid groups (broad SMARTS) is 1. The second kappa shape index (κ2) is 6.19. The van der Waals surface area contributed by atoms with Gasteiger partial charge >= 0.3 is 5.97 Å². The molecular formula is C10H15N3O3S. The maximum atomic E-state index is 11.6. The van der Waals surface area contributed by atoms with Crippen LogP contribution in [0.5, 0.6) is 0 Å². The Morgan fingerprint density at radius 1 is 1.65 bits per heavy atom. The van der Waals surface area contributed by atoms with Gasteiger partial charge in [0.25, 0.3) is 5.91 Å². The number of hydrogen-bond acceptors (Lipinski definition) is 5. The van der Waals surface area contributed by atoms with Crippen LogP contribution in [0.2, 0.25) is 0 Å². The second-order valence-electron chi connectivity index (χ2n) is 3.73. The maximum Gasteiger partial charge on any atom is 0.303 e. The fourth-order valence-electron chi connectivity index (χ4n) is 1.32. The Labute approximate surface area is 103 Å². The molecule has 0 aliphatic carbocycles. The highest BCUT2D eigenvalue weighted by Crippen LogP contribution is 2.11. The van der Waals surface area contributed by atoms with E-state index < -0.39 is 5.97 Å². The van der Waals surface area contributed by atoms with Crippen molar-refractivity contribution in [3.63, 3.8) is 0 Å². The van der Waals surface area contributed by atoms with Gasteiger partial charge in [-0.05, 0) is 19.8 Å². The highest BCUT2D eigenvalue weighted by Gasteiger charge is 2.12. The summed E-state index contributed by atoms with van der Waals surface area (Å²) in [5.41, 5.74) is 5.73. The number of carbonyl (C=O) groups excluding carboxylic acids is 1. The largest absolute Gasteiger partial charge is 0.481 e. The third-order valence-corrected chi connectivity index (χ3v) is 2.83. The van der Waals surface area contributed by atoms with Crippen LogP contribution in [0.3, 0.4) is 0 Å². The molecule has 7 heteroatoms. The molecule has 0 saturated heterocycles. The summed E-state index contributed by atoms with van der Waals surface area (Å²) in [6.45, 7) is 1.83. The zero-order valence-electron chi connectivity index (χ0n) is 9.47. The van der Waals surface area contributed by atoms with Gasteiger partial charge in [0.15, 0.2) is 5.13 Å². The molecule has 0 fully saturated rings. The monoisotopic (exact) mass is 257 g/mol. The summed E-state index contributed by atoms with van der Waals surface area (Å²) in [7, 11) is 0. The highest BCUT2D eigenvalue weighted by molar-refractivity contribution is 7.13. The molecule has 1 aromatic heterocycles. The van der Waals surface area contributed by atoms with Gasteiger partial charge in [0, 0.05) is 17.8 Å². The minimum absolute atomic E-state index is 0.0789. The number of hydrogen-bond donors (Lipinski definition) is 3. The lowest BCUT2D eigenvalue weighted by atomic mass is 10.1. The standard InChI is InChI=1S/C10H15N3O3S/c1-6(3-2-4-8(14)15)12-9(16)7-5-17-10(11)13-7/h5-6H,2-4H2,1H3,(H2,11,13)(H,12,16)(H,14,15). The lowest BCUT2D eigenvalue weighted by molar-refractivity contribution is -0.137. The molecule has 6 nitrogen and oxygen atoms in total. The molecule has 1 amide bonds. The first kappa shape index (κ1) is 13.4. The summed E-state index contributed by atoms with van der Waals surface area (Å²) in [4.78, 5) is 25.8. The van der Waals surface area contributed by atoms with E-state index in [0.717, 1.165) is 0 Å². The normalized spacial score (nSPS) is 12.1. The first-order valence-electron chi connectivity index (χ1n) is 5.22. The summed E-state index contributed by atoms with van der Waals surface area (Å²) < 4.78 is 0. The number of carbonyl (C=O) groups is 2. The fraction of sp³-hybridized carbons (Fsp3) is 0.500. The lowest BCUT2D eigenvalue weighted by Crippen LogP contribution is -2.32. The molecule has 1 heterocycles. The Morgan fingerprint density at radius 2 is 2.35 bits per heavy atom. The van der Waals surface area contributed by atoms with Gasteiger partial charge in [-0.15, -0.1) is 11.3 Å². The van der Waals surface area contributed by atoms with Crippen LogP contribution in [0.15, 0.2) is 5.38 Å². The molecule has 94 valence electrons. The number of rotatable bonds is 6. The fourth-order valence-corrected chi connectivity index (χ4v) is 1.86. The summed E-state index contributed by atoms with van der Waals surface area (Å²) >= 11 is 1.21. The number of nitrogens with one attached hydrogen (secondary N) is 1. The molecule has 1 rings (SSSR count). The SMILES string of the molecule is CC(CCCC(=O)O)NC(=O)c1csc(N)n1. The van der Waals surface area contributed by atoms with E-state index >= 15 is 0 Å². The van der Waals surface area contributed by atoms with Crippen LogP contribution >= 0.6 is 11.3 Å². The molecule has 0 radical (unpaired) electrons. The van der Waals surface area contributed by atoms with Crippen molar-refractivity contribution in [3.8, 4) is 0 Å². The van der Waals surface area contributed by atoms with Crippen LogP contribution in [0.25, 0.3) is 0 Å². The summed E-state index contributed by atoms with van der Waals surface area (Å²) in [5, 5.41) is 13.2. The number of amides is 1. The summed E-state index contributed by atoms with van der Waals surface area (Å²) in [5.74, 6) is -1.10. The average Bonchev–Trinajstić information content (AvgIpc) is 2.64. The van der Waals surface area contributed by atoms with Gasteiger partial charge in [0.05, 0.1) is 0 Å². The van der Waals surface area contributed by atoms with Crippen LogP contribution in [0.4, 0.5) is 5.13 Å². The van der Waals surface area contributed by atoms with E-state index in [2.05, 4.69) is 10.3 Å².